The van der Waals surface area contributed by atoms with Gasteiger partial charge in [-0.3, -0.25) is 14.4 Å². The summed E-state index contributed by atoms with van der Waals surface area (Å²) >= 11 is 7.32. The number of carbonyl (C=O) groups is 4. The number of esters is 1. The van der Waals surface area contributed by atoms with E-state index in [2.05, 4.69) is 31.9 Å². The van der Waals surface area contributed by atoms with E-state index in [-0.39, 0.29) is 34.8 Å². The summed E-state index contributed by atoms with van der Waals surface area (Å²) < 4.78 is 5.31. The van der Waals surface area contributed by atoms with E-state index in [9.17, 15) is 19.2 Å². The maximum absolute atomic E-state index is 14.3. The first-order chi connectivity index (χ1) is 19.8. The van der Waals surface area contributed by atoms with Crippen LogP contribution in [0.4, 0.5) is 5.69 Å². The third kappa shape index (κ3) is 3.73. The predicted octanol–water partition coefficient (Wildman–Crippen LogP) is 6.39. The molecule has 0 saturated carbocycles. The highest BCUT2D eigenvalue weighted by Gasteiger charge is 2.67. The van der Waals surface area contributed by atoms with Gasteiger partial charge in [0, 0.05) is 16.0 Å². The number of anilines is 1. The maximum Gasteiger partial charge on any atom is 0.340 e. The van der Waals surface area contributed by atoms with E-state index >= 15 is 0 Å². The summed E-state index contributed by atoms with van der Waals surface area (Å²) in [5, 5.41) is 0. The second-order valence-electron chi connectivity index (χ2n) is 10.4. The first-order valence-corrected chi connectivity index (χ1v) is 14.7. The number of para-hydroxylation sites is 1. The van der Waals surface area contributed by atoms with Gasteiger partial charge in [0.1, 0.15) is 0 Å². The number of nitrogens with zero attached hydrogens (tertiary/aromatic N) is 1. The molecule has 4 aromatic rings. The molecule has 8 rings (SSSR count). The fourth-order valence-corrected chi connectivity index (χ4v) is 8.15. The molecular formula is C33H21Br2NO5. The third-order valence-electron chi connectivity index (χ3n) is 8.38. The molecule has 202 valence electrons. The number of ether oxygens (including phenoxy) is 1. The second kappa shape index (κ2) is 9.60. The van der Waals surface area contributed by atoms with Crippen LogP contribution in [0, 0.1) is 11.8 Å². The smallest absolute Gasteiger partial charge is 0.340 e. The van der Waals surface area contributed by atoms with E-state index in [0.717, 1.165) is 31.6 Å². The van der Waals surface area contributed by atoms with Crippen molar-refractivity contribution in [1.29, 1.82) is 0 Å². The standard InChI is InChI=1S/C33H21Br2NO5/c34-19-15-13-18(14-16-19)26(37)17-41-32(40)22-9-3-6-12-25(22)36-30(38)28-27-20-7-1-4-10-23(20)33(35,29(28)31(36)39)24-11-5-2-8-21(24)27/h1-16,27-29H,17H2/t27?,28-,29+,33?/m1/s1. The quantitative estimate of drug-likeness (QED) is 0.106. The lowest BCUT2D eigenvalue weighted by Crippen LogP contribution is -2.50. The molecule has 0 radical (unpaired) electrons. The van der Waals surface area contributed by atoms with Crippen molar-refractivity contribution in [3.63, 3.8) is 0 Å². The number of amides is 2. The number of ketones is 1. The van der Waals surface area contributed by atoms with Gasteiger partial charge >= 0.3 is 5.97 Å². The van der Waals surface area contributed by atoms with Gasteiger partial charge in [-0.15, -0.1) is 0 Å². The van der Waals surface area contributed by atoms with E-state index in [0.29, 0.717) is 5.56 Å². The summed E-state index contributed by atoms with van der Waals surface area (Å²) in [6.07, 6.45) is 0. The SMILES string of the molecule is O=C(COC(=O)c1ccccc1N1C(=O)[C@@H]2C3c4ccccc4C(Br)(c4ccccc43)[C@@H]2C1=O)c1ccc(Br)cc1. The van der Waals surface area contributed by atoms with E-state index in [1.54, 1.807) is 42.5 Å². The van der Waals surface area contributed by atoms with Crippen LogP contribution in [0.25, 0.3) is 0 Å². The average molecular weight is 671 g/mol. The van der Waals surface area contributed by atoms with Gasteiger partial charge in [-0.25, -0.2) is 9.69 Å². The van der Waals surface area contributed by atoms with Gasteiger partial charge in [0.2, 0.25) is 11.8 Å². The van der Waals surface area contributed by atoms with Crippen LogP contribution >= 0.6 is 31.9 Å². The minimum atomic E-state index is -0.895. The topological polar surface area (TPSA) is 80.8 Å². The van der Waals surface area contributed by atoms with Crippen LogP contribution in [0.15, 0.2) is 102 Å². The minimum absolute atomic E-state index is 0.0439. The molecule has 0 unspecified atom stereocenters. The summed E-state index contributed by atoms with van der Waals surface area (Å²) in [6.45, 7) is -0.473. The first kappa shape index (κ1) is 26.0. The molecule has 8 heteroatoms. The van der Waals surface area contributed by atoms with Crippen molar-refractivity contribution in [2.75, 3.05) is 11.5 Å². The Kier molecular flexibility index (Phi) is 6.10. The molecule has 4 aromatic carbocycles. The van der Waals surface area contributed by atoms with Crippen molar-refractivity contribution in [2.45, 2.75) is 10.2 Å². The lowest BCUT2D eigenvalue weighted by molar-refractivity contribution is -0.122. The Morgan fingerprint density at radius 1 is 0.780 bits per heavy atom. The summed E-state index contributed by atoms with van der Waals surface area (Å²) in [4.78, 5) is 55.5. The molecule has 6 nitrogen and oxygen atoms in total. The van der Waals surface area contributed by atoms with Crippen molar-refractivity contribution >= 4 is 61.1 Å². The van der Waals surface area contributed by atoms with Gasteiger partial charge in [-0.2, -0.15) is 0 Å². The summed E-state index contributed by atoms with van der Waals surface area (Å²) in [5.74, 6) is -3.53. The molecule has 0 aromatic heterocycles. The van der Waals surface area contributed by atoms with Crippen molar-refractivity contribution in [3.05, 3.63) is 135 Å². The van der Waals surface area contributed by atoms with Gasteiger partial charge in [0.15, 0.2) is 12.4 Å². The predicted molar refractivity (Wildman–Crippen MR) is 159 cm³/mol. The normalized spacial score (nSPS) is 23.6. The molecule has 0 N–H and O–H groups in total. The number of benzene rings is 4. The van der Waals surface area contributed by atoms with Crippen molar-refractivity contribution in [2.24, 2.45) is 11.8 Å². The Morgan fingerprint density at radius 3 is 2.02 bits per heavy atom. The molecule has 1 heterocycles. The highest BCUT2D eigenvalue weighted by Crippen LogP contribution is 2.66. The number of hydrogen-bond acceptors (Lipinski definition) is 5. The van der Waals surface area contributed by atoms with E-state index in [1.807, 2.05) is 48.5 Å². The molecule has 1 saturated heterocycles. The molecule has 0 spiro atoms. The zero-order valence-electron chi connectivity index (χ0n) is 21.4. The zero-order valence-corrected chi connectivity index (χ0v) is 24.6. The number of alkyl halides is 1. The maximum atomic E-state index is 14.3. The Balaban J connectivity index is 1.25. The van der Waals surface area contributed by atoms with E-state index in [4.69, 9.17) is 4.74 Å². The molecule has 4 aliphatic rings. The summed E-state index contributed by atoms with van der Waals surface area (Å²) in [6, 6.07) is 29.0. The van der Waals surface area contributed by atoms with Gasteiger partial charge in [-0.1, -0.05) is 105 Å². The zero-order chi connectivity index (χ0) is 28.5. The van der Waals surface area contributed by atoms with Crippen LogP contribution in [-0.2, 0) is 18.7 Å². The van der Waals surface area contributed by atoms with Crippen LogP contribution in [0.1, 0.15) is 48.9 Å². The van der Waals surface area contributed by atoms with Gasteiger partial charge in [0.05, 0.1) is 27.4 Å². The highest BCUT2D eigenvalue weighted by atomic mass is 79.9. The van der Waals surface area contributed by atoms with Crippen LogP contribution in [0.3, 0.4) is 0 Å². The molecular weight excluding hydrogens is 650 g/mol. The van der Waals surface area contributed by atoms with Crippen LogP contribution in [0.5, 0.6) is 0 Å². The molecule has 1 aliphatic heterocycles. The third-order valence-corrected chi connectivity index (χ3v) is 10.3. The molecule has 2 amide bonds. The summed E-state index contributed by atoms with van der Waals surface area (Å²) in [7, 11) is 0. The average Bonchev–Trinajstić information content (AvgIpc) is 3.27. The van der Waals surface area contributed by atoms with Crippen LogP contribution in [0.2, 0.25) is 0 Å². The van der Waals surface area contributed by atoms with Gasteiger partial charge in [-0.05, 0) is 46.5 Å². The van der Waals surface area contributed by atoms with Crippen molar-refractivity contribution < 1.29 is 23.9 Å². The Morgan fingerprint density at radius 2 is 1.37 bits per heavy atom. The monoisotopic (exact) mass is 669 g/mol. The highest BCUT2D eigenvalue weighted by molar-refractivity contribution is 9.10. The minimum Gasteiger partial charge on any atom is -0.454 e. The van der Waals surface area contributed by atoms with E-state index in [1.165, 1.54) is 6.07 Å². The number of hydrogen-bond donors (Lipinski definition) is 0. The van der Waals surface area contributed by atoms with Crippen molar-refractivity contribution in [1.82, 2.24) is 0 Å². The lowest BCUT2D eigenvalue weighted by Gasteiger charge is -2.51. The van der Waals surface area contributed by atoms with Crippen LogP contribution in [-0.4, -0.2) is 30.2 Å². The summed E-state index contributed by atoms with van der Waals surface area (Å²) in [5.41, 5.74) is 4.60. The molecule has 2 bridgehead atoms. The van der Waals surface area contributed by atoms with E-state index < -0.39 is 28.7 Å². The lowest BCUT2D eigenvalue weighted by atomic mass is 9.55. The number of rotatable bonds is 5. The second-order valence-corrected chi connectivity index (χ2v) is 12.6. The van der Waals surface area contributed by atoms with Gasteiger partial charge in [0.25, 0.3) is 0 Å². The molecule has 2 atom stereocenters. The molecule has 1 fully saturated rings. The van der Waals surface area contributed by atoms with Crippen LogP contribution < -0.4 is 4.90 Å². The Labute approximate surface area is 252 Å². The van der Waals surface area contributed by atoms with Gasteiger partial charge < -0.3 is 4.74 Å². The fraction of sp³-hybridized carbons (Fsp3) is 0.152. The molecule has 3 aliphatic carbocycles. The fourth-order valence-electron chi connectivity index (χ4n) is 6.69. The Hall–Kier alpha value is -3.88. The Bertz CT molecular complexity index is 1740. The first-order valence-electron chi connectivity index (χ1n) is 13.1. The number of carbonyl (C=O) groups excluding carboxylic acids is 4. The number of halogens is 2. The number of imide groups is 1. The molecule has 41 heavy (non-hydrogen) atoms. The number of Topliss-reactive ketones (excluding diaryl/α,β-unsaturated/α-hetero) is 1. The largest absolute Gasteiger partial charge is 0.454 e. The van der Waals surface area contributed by atoms with Crippen molar-refractivity contribution in [3.8, 4) is 0 Å².